The molecule has 1 amide bonds. The molecule has 0 bridgehead atoms. The molecule has 1 aliphatic rings. The average molecular weight is 411 g/mol. The standard InChI is InChI=1S/C23H25NO6/c1-28-14-4-13-24-20(15-5-9-17(29-2)10-6-15)19(22(26)23(24)27)21(25)16-7-11-18(30-3)12-8-16/h5-12,20,25H,4,13-14H2,1-3H3/b21-19+/t20-/m1/s1. The lowest BCUT2D eigenvalue weighted by Crippen LogP contribution is -2.31. The van der Waals surface area contributed by atoms with Crippen LogP contribution in [0.15, 0.2) is 54.1 Å². The van der Waals surface area contributed by atoms with Crippen molar-refractivity contribution in [1.29, 1.82) is 0 Å². The number of carbonyl (C=O) groups excluding carboxylic acids is 2. The van der Waals surface area contributed by atoms with Crippen LogP contribution in [0.1, 0.15) is 23.6 Å². The van der Waals surface area contributed by atoms with Gasteiger partial charge in [0, 0.05) is 25.8 Å². The molecule has 1 N–H and O–H groups in total. The van der Waals surface area contributed by atoms with Crippen LogP contribution in [-0.2, 0) is 14.3 Å². The Morgan fingerprint density at radius 3 is 2.03 bits per heavy atom. The zero-order valence-electron chi connectivity index (χ0n) is 17.3. The van der Waals surface area contributed by atoms with Gasteiger partial charge in [-0.2, -0.15) is 0 Å². The lowest BCUT2D eigenvalue weighted by atomic mass is 9.95. The topological polar surface area (TPSA) is 85.3 Å². The Morgan fingerprint density at radius 2 is 1.50 bits per heavy atom. The summed E-state index contributed by atoms with van der Waals surface area (Å²) in [6.07, 6.45) is 0.568. The predicted octanol–water partition coefficient (Wildman–Crippen LogP) is 3.16. The minimum absolute atomic E-state index is 0.0627. The van der Waals surface area contributed by atoms with Gasteiger partial charge < -0.3 is 24.2 Å². The highest BCUT2D eigenvalue weighted by atomic mass is 16.5. The van der Waals surface area contributed by atoms with E-state index < -0.39 is 17.7 Å². The first-order valence-corrected chi connectivity index (χ1v) is 9.57. The number of amides is 1. The van der Waals surface area contributed by atoms with Gasteiger partial charge in [0.15, 0.2) is 0 Å². The molecule has 7 heteroatoms. The summed E-state index contributed by atoms with van der Waals surface area (Å²) in [6.45, 7) is 0.783. The highest BCUT2D eigenvalue weighted by Gasteiger charge is 2.45. The normalized spacial score (nSPS) is 18.0. The van der Waals surface area contributed by atoms with Gasteiger partial charge in [-0.15, -0.1) is 0 Å². The molecule has 1 aliphatic heterocycles. The van der Waals surface area contributed by atoms with E-state index in [9.17, 15) is 14.7 Å². The number of ether oxygens (including phenoxy) is 3. The fourth-order valence-corrected chi connectivity index (χ4v) is 3.53. The molecule has 0 unspecified atom stereocenters. The van der Waals surface area contributed by atoms with Crippen LogP contribution in [0.25, 0.3) is 5.76 Å². The maximum Gasteiger partial charge on any atom is 0.295 e. The van der Waals surface area contributed by atoms with E-state index in [0.29, 0.717) is 42.2 Å². The van der Waals surface area contributed by atoms with E-state index >= 15 is 0 Å². The molecular weight excluding hydrogens is 386 g/mol. The van der Waals surface area contributed by atoms with Gasteiger partial charge in [-0.3, -0.25) is 9.59 Å². The second kappa shape index (κ2) is 9.45. The summed E-state index contributed by atoms with van der Waals surface area (Å²) < 4.78 is 15.4. The third-order valence-corrected chi connectivity index (χ3v) is 5.08. The molecule has 1 atom stereocenters. The van der Waals surface area contributed by atoms with Gasteiger partial charge in [0.1, 0.15) is 17.3 Å². The molecule has 3 rings (SSSR count). The van der Waals surface area contributed by atoms with Gasteiger partial charge >= 0.3 is 0 Å². The van der Waals surface area contributed by atoms with Crippen LogP contribution in [0.3, 0.4) is 0 Å². The van der Waals surface area contributed by atoms with E-state index in [-0.39, 0.29) is 11.3 Å². The van der Waals surface area contributed by atoms with E-state index in [4.69, 9.17) is 14.2 Å². The van der Waals surface area contributed by atoms with Gasteiger partial charge in [0.05, 0.1) is 25.8 Å². The van der Waals surface area contributed by atoms with E-state index in [0.717, 1.165) is 0 Å². The summed E-state index contributed by atoms with van der Waals surface area (Å²) in [5.74, 6) is -0.280. The third-order valence-electron chi connectivity index (χ3n) is 5.08. The monoisotopic (exact) mass is 411 g/mol. The zero-order chi connectivity index (χ0) is 21.7. The minimum Gasteiger partial charge on any atom is -0.507 e. The molecule has 158 valence electrons. The fourth-order valence-electron chi connectivity index (χ4n) is 3.53. The molecule has 0 aliphatic carbocycles. The Hall–Kier alpha value is -3.32. The lowest BCUT2D eigenvalue weighted by molar-refractivity contribution is -0.140. The van der Waals surface area contributed by atoms with Crippen molar-refractivity contribution in [3.05, 3.63) is 65.2 Å². The average Bonchev–Trinajstić information content (AvgIpc) is 3.04. The Morgan fingerprint density at radius 1 is 0.933 bits per heavy atom. The Kier molecular flexibility index (Phi) is 6.74. The minimum atomic E-state index is -0.707. The van der Waals surface area contributed by atoms with Crippen molar-refractivity contribution in [2.24, 2.45) is 0 Å². The number of likely N-dealkylation sites (tertiary alicyclic amines) is 1. The number of ketones is 1. The van der Waals surface area contributed by atoms with Crippen LogP contribution in [-0.4, -0.2) is 56.2 Å². The molecule has 0 radical (unpaired) electrons. The largest absolute Gasteiger partial charge is 0.507 e. The van der Waals surface area contributed by atoms with Crippen molar-refractivity contribution in [3.63, 3.8) is 0 Å². The molecular formula is C23H25NO6. The Labute approximate surface area is 175 Å². The summed E-state index contributed by atoms with van der Waals surface area (Å²) in [6, 6.07) is 13.1. The fraction of sp³-hybridized carbons (Fsp3) is 0.304. The highest BCUT2D eigenvalue weighted by molar-refractivity contribution is 6.46. The second-order valence-electron chi connectivity index (χ2n) is 6.84. The predicted molar refractivity (Wildman–Crippen MR) is 111 cm³/mol. The number of hydrogen-bond acceptors (Lipinski definition) is 6. The van der Waals surface area contributed by atoms with E-state index in [1.165, 1.54) is 4.90 Å². The quantitative estimate of drug-likeness (QED) is 0.311. The van der Waals surface area contributed by atoms with Gasteiger partial charge in [-0.25, -0.2) is 0 Å². The second-order valence-corrected chi connectivity index (χ2v) is 6.84. The van der Waals surface area contributed by atoms with Crippen LogP contribution in [0.4, 0.5) is 0 Å². The highest BCUT2D eigenvalue weighted by Crippen LogP contribution is 2.40. The smallest absolute Gasteiger partial charge is 0.295 e. The van der Waals surface area contributed by atoms with Crippen molar-refractivity contribution in [2.45, 2.75) is 12.5 Å². The molecule has 1 fully saturated rings. The summed E-state index contributed by atoms with van der Waals surface area (Å²) in [5.41, 5.74) is 1.21. The summed E-state index contributed by atoms with van der Waals surface area (Å²) >= 11 is 0. The van der Waals surface area contributed by atoms with Crippen molar-refractivity contribution in [1.82, 2.24) is 4.90 Å². The van der Waals surface area contributed by atoms with Crippen molar-refractivity contribution in [3.8, 4) is 11.5 Å². The van der Waals surface area contributed by atoms with Crippen LogP contribution in [0.2, 0.25) is 0 Å². The van der Waals surface area contributed by atoms with Crippen molar-refractivity contribution >= 4 is 17.4 Å². The van der Waals surface area contributed by atoms with Gasteiger partial charge in [-0.1, -0.05) is 12.1 Å². The number of carbonyl (C=O) groups is 2. The van der Waals surface area contributed by atoms with Crippen LogP contribution < -0.4 is 9.47 Å². The molecule has 0 spiro atoms. The van der Waals surface area contributed by atoms with Gasteiger partial charge in [0.2, 0.25) is 0 Å². The summed E-state index contributed by atoms with van der Waals surface area (Å²) in [4.78, 5) is 27.2. The molecule has 1 saturated heterocycles. The van der Waals surface area contributed by atoms with Crippen LogP contribution in [0.5, 0.6) is 11.5 Å². The molecule has 2 aromatic rings. The van der Waals surface area contributed by atoms with E-state index in [1.54, 1.807) is 69.9 Å². The number of nitrogens with zero attached hydrogens (tertiary/aromatic N) is 1. The number of Topliss-reactive ketones (excluding diaryl/α,β-unsaturated/α-hetero) is 1. The SMILES string of the molecule is COCCCN1C(=O)C(=O)/C(=C(/O)c2ccc(OC)cc2)[C@H]1c1ccc(OC)cc1. The first-order valence-electron chi connectivity index (χ1n) is 9.57. The lowest BCUT2D eigenvalue weighted by Gasteiger charge is -2.25. The molecule has 0 saturated carbocycles. The Balaban J connectivity index is 2.08. The first-order chi connectivity index (χ1) is 14.5. The molecule has 2 aromatic carbocycles. The van der Waals surface area contributed by atoms with Crippen LogP contribution >= 0.6 is 0 Å². The first kappa shape index (κ1) is 21.4. The maximum absolute atomic E-state index is 12.9. The van der Waals surface area contributed by atoms with Crippen LogP contribution in [0, 0.1) is 0 Å². The summed E-state index contributed by atoms with van der Waals surface area (Å²) in [5, 5.41) is 11.0. The number of aliphatic hydroxyl groups is 1. The van der Waals surface area contributed by atoms with E-state index in [2.05, 4.69) is 0 Å². The number of hydrogen-bond donors (Lipinski definition) is 1. The number of aliphatic hydroxyl groups excluding tert-OH is 1. The number of benzene rings is 2. The molecule has 0 aromatic heterocycles. The molecule has 1 heterocycles. The van der Waals surface area contributed by atoms with Gasteiger partial charge in [-0.05, 0) is 48.4 Å². The third kappa shape index (κ3) is 4.16. The van der Waals surface area contributed by atoms with Crippen molar-refractivity contribution in [2.75, 3.05) is 34.5 Å². The van der Waals surface area contributed by atoms with Gasteiger partial charge in [0.25, 0.3) is 11.7 Å². The molecule has 30 heavy (non-hydrogen) atoms. The van der Waals surface area contributed by atoms with Crippen molar-refractivity contribution < 1.29 is 28.9 Å². The number of methoxy groups -OCH3 is 3. The summed E-state index contributed by atoms with van der Waals surface area (Å²) in [7, 11) is 4.69. The van der Waals surface area contributed by atoms with E-state index in [1.807, 2.05) is 0 Å². The molecule has 7 nitrogen and oxygen atoms in total. The maximum atomic E-state index is 12.9. The number of rotatable bonds is 8. The zero-order valence-corrected chi connectivity index (χ0v) is 17.3. The Bertz CT molecular complexity index is 933.